The maximum absolute atomic E-state index is 13.1. The van der Waals surface area contributed by atoms with E-state index in [1.807, 2.05) is 29.2 Å². The molecule has 3 aromatic rings. The first-order valence-corrected chi connectivity index (χ1v) is 12.7. The van der Waals surface area contributed by atoms with E-state index in [9.17, 15) is 4.79 Å². The lowest BCUT2D eigenvalue weighted by molar-refractivity contribution is 0.0707. The number of carbonyl (C=O) groups is 1. The third-order valence-electron chi connectivity index (χ3n) is 8.15. The Morgan fingerprint density at radius 2 is 1.79 bits per heavy atom. The fraction of sp³-hybridized carbons (Fsp3) is 0.500. The molecule has 5 nitrogen and oxygen atoms in total. The van der Waals surface area contributed by atoms with Crippen LogP contribution in [0, 0.1) is 6.92 Å². The smallest absolute Gasteiger partial charge is 0.253 e. The molecule has 0 bridgehead atoms. The van der Waals surface area contributed by atoms with E-state index < -0.39 is 0 Å². The highest BCUT2D eigenvalue weighted by atomic mass is 16.2. The number of rotatable bonds is 3. The number of piperidine rings is 1. The van der Waals surface area contributed by atoms with Gasteiger partial charge in [0.2, 0.25) is 0 Å². The number of hydrogen-bond donors (Lipinski definition) is 0. The van der Waals surface area contributed by atoms with Gasteiger partial charge in [-0.3, -0.25) is 9.69 Å². The van der Waals surface area contributed by atoms with E-state index in [-0.39, 0.29) is 5.91 Å². The van der Waals surface area contributed by atoms with E-state index >= 15 is 0 Å². The molecule has 5 heteroatoms. The number of nitrogens with zero attached hydrogens (tertiary/aromatic N) is 4. The monoisotopic (exact) mass is 442 g/mol. The number of carbonyl (C=O) groups excluding carboxylic acids is 1. The highest BCUT2D eigenvalue weighted by Gasteiger charge is 2.28. The second-order valence-electron chi connectivity index (χ2n) is 10.3. The van der Waals surface area contributed by atoms with Gasteiger partial charge in [0, 0.05) is 56.7 Å². The molecule has 1 saturated heterocycles. The molecule has 1 unspecified atom stereocenters. The minimum absolute atomic E-state index is 0.158. The van der Waals surface area contributed by atoms with Crippen LogP contribution in [0.4, 0.5) is 0 Å². The molecule has 1 saturated carbocycles. The van der Waals surface area contributed by atoms with Crippen molar-refractivity contribution in [3.8, 4) is 0 Å². The summed E-state index contributed by atoms with van der Waals surface area (Å²) in [6.07, 6.45) is 7.37. The Balaban J connectivity index is 1.19. The molecule has 2 fully saturated rings. The summed E-state index contributed by atoms with van der Waals surface area (Å²) in [4.78, 5) is 22.9. The number of imidazole rings is 1. The second kappa shape index (κ2) is 8.60. The van der Waals surface area contributed by atoms with E-state index in [1.165, 1.54) is 41.7 Å². The van der Waals surface area contributed by atoms with Crippen LogP contribution in [0.2, 0.25) is 0 Å². The number of hydrogen-bond acceptors (Lipinski definition) is 3. The summed E-state index contributed by atoms with van der Waals surface area (Å²) in [7, 11) is 0. The van der Waals surface area contributed by atoms with Gasteiger partial charge in [-0.05, 0) is 62.4 Å². The Labute approximate surface area is 196 Å². The topological polar surface area (TPSA) is 41.4 Å². The van der Waals surface area contributed by atoms with Gasteiger partial charge in [-0.1, -0.05) is 30.2 Å². The summed E-state index contributed by atoms with van der Waals surface area (Å²) in [5, 5.41) is 0. The SMILES string of the molecule is Cc1ccc(C(=O)N2CCCC(c3ccc4c(c3)nc3n4CCN(C4CCC4)CC3)C2)cc1. The molecular formula is C28H34N4O. The van der Waals surface area contributed by atoms with Crippen molar-refractivity contribution in [3.63, 3.8) is 0 Å². The lowest BCUT2D eigenvalue weighted by atomic mass is 9.90. The Morgan fingerprint density at radius 1 is 0.939 bits per heavy atom. The van der Waals surface area contributed by atoms with Crippen molar-refractivity contribution < 1.29 is 4.79 Å². The van der Waals surface area contributed by atoms with Crippen LogP contribution in [0.15, 0.2) is 42.5 Å². The van der Waals surface area contributed by atoms with Crippen molar-refractivity contribution in [1.82, 2.24) is 19.4 Å². The molecule has 1 amide bonds. The van der Waals surface area contributed by atoms with E-state index in [4.69, 9.17) is 4.98 Å². The van der Waals surface area contributed by atoms with Gasteiger partial charge < -0.3 is 9.47 Å². The summed E-state index contributed by atoms with van der Waals surface area (Å²) >= 11 is 0. The largest absolute Gasteiger partial charge is 0.338 e. The molecule has 1 aliphatic carbocycles. The summed E-state index contributed by atoms with van der Waals surface area (Å²) in [6, 6.07) is 15.6. The number of likely N-dealkylation sites (tertiary alicyclic amines) is 1. The molecular weight excluding hydrogens is 408 g/mol. The zero-order valence-electron chi connectivity index (χ0n) is 19.7. The maximum Gasteiger partial charge on any atom is 0.253 e. The lowest BCUT2D eigenvalue weighted by Gasteiger charge is -2.36. The predicted octanol–water partition coefficient (Wildman–Crippen LogP) is 4.78. The van der Waals surface area contributed by atoms with Gasteiger partial charge >= 0.3 is 0 Å². The number of aryl methyl sites for hydroxylation is 1. The van der Waals surface area contributed by atoms with E-state index in [0.29, 0.717) is 5.92 Å². The first-order valence-electron chi connectivity index (χ1n) is 12.7. The first kappa shape index (κ1) is 20.9. The maximum atomic E-state index is 13.1. The molecule has 0 spiro atoms. The fourth-order valence-corrected chi connectivity index (χ4v) is 5.90. The van der Waals surface area contributed by atoms with Crippen LogP contribution in [0.5, 0.6) is 0 Å². The standard InChI is InChI=1S/C28H34N4O/c1-20-7-9-21(10-8-20)28(33)31-14-3-4-23(19-31)22-11-12-26-25(18-22)29-27-13-15-30(16-17-32(26)27)24-5-2-6-24/h7-12,18,23-24H,2-6,13-17,19H2,1H3. The second-order valence-corrected chi connectivity index (χ2v) is 10.3. The van der Waals surface area contributed by atoms with Crippen LogP contribution in [-0.4, -0.2) is 57.5 Å². The molecule has 1 aromatic heterocycles. The van der Waals surface area contributed by atoms with Crippen molar-refractivity contribution in [1.29, 1.82) is 0 Å². The molecule has 2 aromatic carbocycles. The Morgan fingerprint density at radius 3 is 2.58 bits per heavy atom. The van der Waals surface area contributed by atoms with Gasteiger partial charge in [-0.2, -0.15) is 0 Å². The van der Waals surface area contributed by atoms with Crippen molar-refractivity contribution in [2.75, 3.05) is 26.2 Å². The van der Waals surface area contributed by atoms with Crippen molar-refractivity contribution >= 4 is 16.9 Å². The third kappa shape index (κ3) is 3.97. The minimum atomic E-state index is 0.158. The molecule has 172 valence electrons. The Hall–Kier alpha value is -2.66. The number of benzene rings is 2. The molecule has 1 atom stereocenters. The van der Waals surface area contributed by atoms with Crippen LogP contribution >= 0.6 is 0 Å². The van der Waals surface area contributed by atoms with Crippen LogP contribution in [0.1, 0.15) is 65.3 Å². The third-order valence-corrected chi connectivity index (χ3v) is 8.15. The van der Waals surface area contributed by atoms with Gasteiger partial charge in [0.15, 0.2) is 0 Å². The van der Waals surface area contributed by atoms with Gasteiger partial charge in [-0.25, -0.2) is 4.98 Å². The summed E-state index contributed by atoms with van der Waals surface area (Å²) in [5.74, 6) is 1.78. The predicted molar refractivity (Wildman–Crippen MR) is 132 cm³/mol. The molecule has 0 radical (unpaired) electrons. The van der Waals surface area contributed by atoms with Crippen molar-refractivity contribution in [3.05, 3.63) is 65.0 Å². The first-order chi connectivity index (χ1) is 16.2. The zero-order chi connectivity index (χ0) is 22.4. The van der Waals surface area contributed by atoms with E-state index in [2.05, 4.69) is 34.6 Å². The van der Waals surface area contributed by atoms with E-state index in [0.717, 1.165) is 69.1 Å². The number of amides is 1. The number of aromatic nitrogens is 2. The highest BCUT2D eigenvalue weighted by Crippen LogP contribution is 2.31. The molecule has 33 heavy (non-hydrogen) atoms. The van der Waals surface area contributed by atoms with Crippen molar-refractivity contribution in [2.24, 2.45) is 0 Å². The number of fused-ring (bicyclic) bond motifs is 3. The minimum Gasteiger partial charge on any atom is -0.338 e. The molecule has 3 aliphatic rings. The summed E-state index contributed by atoms with van der Waals surface area (Å²) in [6.45, 7) is 7.03. The summed E-state index contributed by atoms with van der Waals surface area (Å²) < 4.78 is 2.45. The van der Waals surface area contributed by atoms with Crippen LogP contribution in [0.25, 0.3) is 11.0 Å². The average Bonchev–Trinajstić information content (AvgIpc) is 3.04. The molecule has 0 N–H and O–H groups in total. The Bertz CT molecular complexity index is 1160. The average molecular weight is 443 g/mol. The molecule has 3 heterocycles. The van der Waals surface area contributed by atoms with Gasteiger partial charge in [-0.15, -0.1) is 0 Å². The quantitative estimate of drug-likeness (QED) is 0.586. The van der Waals surface area contributed by atoms with Crippen LogP contribution in [-0.2, 0) is 13.0 Å². The van der Waals surface area contributed by atoms with Gasteiger partial charge in [0.1, 0.15) is 5.82 Å². The normalized spacial score (nSPS) is 22.1. The van der Waals surface area contributed by atoms with Crippen molar-refractivity contribution in [2.45, 2.75) is 64.0 Å². The molecule has 6 rings (SSSR count). The van der Waals surface area contributed by atoms with Crippen LogP contribution in [0.3, 0.4) is 0 Å². The summed E-state index contributed by atoms with van der Waals surface area (Å²) in [5.41, 5.74) is 5.71. The Kier molecular flexibility index (Phi) is 5.45. The van der Waals surface area contributed by atoms with Gasteiger partial charge in [0.25, 0.3) is 5.91 Å². The lowest BCUT2D eigenvalue weighted by Crippen LogP contribution is -2.41. The zero-order valence-corrected chi connectivity index (χ0v) is 19.7. The van der Waals surface area contributed by atoms with Gasteiger partial charge in [0.05, 0.1) is 11.0 Å². The van der Waals surface area contributed by atoms with E-state index in [1.54, 1.807) is 0 Å². The molecule has 2 aliphatic heterocycles. The highest BCUT2D eigenvalue weighted by molar-refractivity contribution is 5.94. The fourth-order valence-electron chi connectivity index (χ4n) is 5.90. The van der Waals surface area contributed by atoms with Crippen LogP contribution < -0.4 is 0 Å².